The molecule has 0 aliphatic heterocycles. The van der Waals surface area contributed by atoms with E-state index in [1.54, 1.807) is 6.92 Å². The third-order valence-corrected chi connectivity index (χ3v) is 2.97. The molecule has 1 aromatic carbocycles. The Balaban J connectivity index is 2.67. The molecular formula is C11H13N3O2. The van der Waals surface area contributed by atoms with Gasteiger partial charge in [0.1, 0.15) is 5.52 Å². The van der Waals surface area contributed by atoms with Gasteiger partial charge in [0.15, 0.2) is 5.54 Å². The molecule has 16 heavy (non-hydrogen) atoms. The topological polar surface area (TPSA) is 68.0 Å². The summed E-state index contributed by atoms with van der Waals surface area (Å²) >= 11 is 0. The molecule has 84 valence electrons. The van der Waals surface area contributed by atoms with E-state index < -0.39 is 11.5 Å². The standard InChI is InChI=1S/C11H13N3O2/c1-3-11(2,10(15)16)14-9-7-5-4-6-8(9)12-13-14/h4-7H,3H2,1-2H3,(H,15,16). The van der Waals surface area contributed by atoms with Crippen LogP contribution in [0.3, 0.4) is 0 Å². The van der Waals surface area contributed by atoms with Gasteiger partial charge in [0.2, 0.25) is 0 Å². The Morgan fingerprint density at radius 2 is 2.19 bits per heavy atom. The number of aliphatic carboxylic acids is 1. The first-order valence-corrected chi connectivity index (χ1v) is 5.14. The molecule has 0 amide bonds. The Bertz CT molecular complexity index is 535. The van der Waals surface area contributed by atoms with Gasteiger partial charge in [-0.25, -0.2) is 9.48 Å². The second-order valence-corrected chi connectivity index (χ2v) is 3.92. The van der Waals surface area contributed by atoms with Gasteiger partial charge in [-0.05, 0) is 25.5 Å². The molecule has 0 saturated carbocycles. The van der Waals surface area contributed by atoms with Gasteiger partial charge in [-0.2, -0.15) is 0 Å². The van der Waals surface area contributed by atoms with Gasteiger partial charge in [-0.3, -0.25) is 0 Å². The largest absolute Gasteiger partial charge is 0.479 e. The van der Waals surface area contributed by atoms with Crippen LogP contribution in [0, 0.1) is 0 Å². The van der Waals surface area contributed by atoms with E-state index in [4.69, 9.17) is 0 Å². The quantitative estimate of drug-likeness (QED) is 0.852. The maximum atomic E-state index is 11.3. The van der Waals surface area contributed by atoms with Gasteiger partial charge in [-0.1, -0.05) is 24.3 Å². The number of hydrogen-bond acceptors (Lipinski definition) is 3. The van der Waals surface area contributed by atoms with Crippen molar-refractivity contribution in [2.45, 2.75) is 25.8 Å². The molecule has 2 aromatic rings. The van der Waals surface area contributed by atoms with Crippen molar-refractivity contribution in [3.8, 4) is 0 Å². The number of carboxylic acid groups (broad SMARTS) is 1. The second kappa shape index (κ2) is 3.59. The summed E-state index contributed by atoms with van der Waals surface area (Å²) in [4.78, 5) is 11.3. The van der Waals surface area contributed by atoms with Crippen LogP contribution < -0.4 is 0 Å². The van der Waals surface area contributed by atoms with Crippen LogP contribution in [0.25, 0.3) is 11.0 Å². The van der Waals surface area contributed by atoms with Crippen LogP contribution in [0.15, 0.2) is 24.3 Å². The fourth-order valence-electron chi connectivity index (χ4n) is 1.63. The lowest BCUT2D eigenvalue weighted by molar-refractivity contribution is -0.147. The Labute approximate surface area is 92.7 Å². The molecule has 5 heteroatoms. The molecule has 1 unspecified atom stereocenters. The minimum atomic E-state index is -1.05. The third-order valence-electron chi connectivity index (χ3n) is 2.97. The molecule has 5 nitrogen and oxygen atoms in total. The van der Waals surface area contributed by atoms with Crippen molar-refractivity contribution >= 4 is 17.0 Å². The van der Waals surface area contributed by atoms with Gasteiger partial charge in [0, 0.05) is 0 Å². The van der Waals surface area contributed by atoms with Crippen molar-refractivity contribution in [1.82, 2.24) is 15.0 Å². The van der Waals surface area contributed by atoms with Crippen LogP contribution in [0.1, 0.15) is 20.3 Å². The maximum Gasteiger partial charge on any atom is 0.331 e. The van der Waals surface area contributed by atoms with Crippen molar-refractivity contribution in [2.75, 3.05) is 0 Å². The Morgan fingerprint density at radius 1 is 1.50 bits per heavy atom. The fourth-order valence-corrected chi connectivity index (χ4v) is 1.63. The molecule has 0 radical (unpaired) electrons. The van der Waals surface area contributed by atoms with Crippen LogP contribution >= 0.6 is 0 Å². The number of fused-ring (bicyclic) bond motifs is 1. The number of nitrogens with zero attached hydrogens (tertiary/aromatic N) is 3. The number of aromatic nitrogens is 3. The van der Waals surface area contributed by atoms with Gasteiger partial charge < -0.3 is 5.11 Å². The van der Waals surface area contributed by atoms with E-state index in [2.05, 4.69) is 10.3 Å². The summed E-state index contributed by atoms with van der Waals surface area (Å²) in [5.74, 6) is -0.898. The van der Waals surface area contributed by atoms with Crippen molar-refractivity contribution in [1.29, 1.82) is 0 Å². The molecular weight excluding hydrogens is 206 g/mol. The molecule has 0 aliphatic rings. The highest BCUT2D eigenvalue weighted by molar-refractivity contribution is 5.81. The number of benzene rings is 1. The summed E-state index contributed by atoms with van der Waals surface area (Å²) in [5, 5.41) is 17.2. The van der Waals surface area contributed by atoms with Crippen LogP contribution in [-0.4, -0.2) is 26.1 Å². The average molecular weight is 219 g/mol. The first-order valence-electron chi connectivity index (χ1n) is 5.14. The number of rotatable bonds is 3. The molecule has 1 aromatic heterocycles. The third kappa shape index (κ3) is 1.36. The van der Waals surface area contributed by atoms with E-state index in [1.807, 2.05) is 31.2 Å². The maximum absolute atomic E-state index is 11.3. The summed E-state index contributed by atoms with van der Waals surface area (Å²) < 4.78 is 1.48. The molecule has 1 atom stereocenters. The Kier molecular flexibility index (Phi) is 2.38. The van der Waals surface area contributed by atoms with E-state index in [0.717, 1.165) is 5.52 Å². The summed E-state index contributed by atoms with van der Waals surface area (Å²) in [6, 6.07) is 7.34. The van der Waals surface area contributed by atoms with Gasteiger partial charge in [0.25, 0.3) is 0 Å². The zero-order valence-corrected chi connectivity index (χ0v) is 9.21. The lowest BCUT2D eigenvalue weighted by Crippen LogP contribution is -2.39. The summed E-state index contributed by atoms with van der Waals surface area (Å²) in [6.45, 7) is 3.47. The van der Waals surface area contributed by atoms with Gasteiger partial charge in [-0.15, -0.1) is 5.10 Å². The summed E-state index contributed by atoms with van der Waals surface area (Å²) in [6.07, 6.45) is 0.454. The first-order chi connectivity index (χ1) is 7.59. The molecule has 0 spiro atoms. The summed E-state index contributed by atoms with van der Waals surface area (Å²) in [7, 11) is 0. The predicted molar refractivity (Wildman–Crippen MR) is 59.1 cm³/mol. The minimum Gasteiger partial charge on any atom is -0.479 e. The van der Waals surface area contributed by atoms with Crippen molar-refractivity contribution < 1.29 is 9.90 Å². The van der Waals surface area contributed by atoms with E-state index in [-0.39, 0.29) is 0 Å². The molecule has 0 aliphatic carbocycles. The van der Waals surface area contributed by atoms with E-state index in [1.165, 1.54) is 4.68 Å². The van der Waals surface area contributed by atoms with E-state index >= 15 is 0 Å². The smallest absolute Gasteiger partial charge is 0.331 e. The van der Waals surface area contributed by atoms with Crippen molar-refractivity contribution in [3.05, 3.63) is 24.3 Å². The predicted octanol–water partition coefficient (Wildman–Crippen LogP) is 1.64. The van der Waals surface area contributed by atoms with Gasteiger partial charge in [0.05, 0.1) is 5.52 Å². The zero-order chi connectivity index (χ0) is 11.8. The Morgan fingerprint density at radius 3 is 2.81 bits per heavy atom. The second-order valence-electron chi connectivity index (χ2n) is 3.92. The molecule has 1 N–H and O–H groups in total. The molecule has 0 saturated heterocycles. The molecule has 0 fully saturated rings. The number of carboxylic acids is 1. The monoisotopic (exact) mass is 219 g/mol. The fraction of sp³-hybridized carbons (Fsp3) is 0.364. The minimum absolute atomic E-state index is 0.454. The lowest BCUT2D eigenvalue weighted by Gasteiger charge is -2.23. The number of para-hydroxylation sites is 1. The van der Waals surface area contributed by atoms with Crippen LogP contribution in [-0.2, 0) is 10.3 Å². The highest BCUT2D eigenvalue weighted by Gasteiger charge is 2.35. The highest BCUT2D eigenvalue weighted by atomic mass is 16.4. The van der Waals surface area contributed by atoms with Crippen molar-refractivity contribution in [2.24, 2.45) is 0 Å². The van der Waals surface area contributed by atoms with E-state index in [0.29, 0.717) is 11.9 Å². The summed E-state index contributed by atoms with van der Waals surface area (Å²) in [5.41, 5.74) is 0.411. The van der Waals surface area contributed by atoms with Crippen LogP contribution in [0.5, 0.6) is 0 Å². The SMILES string of the molecule is CCC(C)(C(=O)O)n1nnc2ccccc21. The molecule has 0 bridgehead atoms. The molecule has 1 heterocycles. The van der Waals surface area contributed by atoms with E-state index in [9.17, 15) is 9.90 Å². The number of hydrogen-bond donors (Lipinski definition) is 1. The Hall–Kier alpha value is -1.91. The van der Waals surface area contributed by atoms with Crippen LogP contribution in [0.4, 0.5) is 0 Å². The number of carbonyl (C=O) groups is 1. The van der Waals surface area contributed by atoms with Crippen LogP contribution in [0.2, 0.25) is 0 Å². The first kappa shape index (κ1) is 10.6. The normalized spacial score (nSPS) is 14.9. The highest BCUT2D eigenvalue weighted by Crippen LogP contribution is 2.24. The molecule has 2 rings (SSSR count). The van der Waals surface area contributed by atoms with Crippen molar-refractivity contribution in [3.63, 3.8) is 0 Å². The lowest BCUT2D eigenvalue weighted by atomic mass is 9.99. The zero-order valence-electron chi connectivity index (χ0n) is 9.21. The van der Waals surface area contributed by atoms with Gasteiger partial charge >= 0.3 is 5.97 Å². The average Bonchev–Trinajstić information content (AvgIpc) is 2.72.